The molecule has 0 saturated carbocycles. The topological polar surface area (TPSA) is 68.5 Å². The van der Waals surface area contributed by atoms with Crippen LogP contribution in [0.5, 0.6) is 5.75 Å². The molecule has 0 spiro atoms. The Hall–Kier alpha value is -2.86. The summed E-state index contributed by atoms with van der Waals surface area (Å²) in [6.45, 7) is 4.00. The number of halogens is 1. The fourth-order valence-corrected chi connectivity index (χ4v) is 2.83. The monoisotopic (exact) mass is 399 g/mol. The molecule has 1 heterocycles. The lowest BCUT2D eigenvalue weighted by atomic mass is 10.2. The Morgan fingerprint density at radius 3 is 2.68 bits per heavy atom. The molecule has 0 aliphatic rings. The lowest BCUT2D eigenvalue weighted by Gasteiger charge is -2.23. The first kappa shape index (κ1) is 19.9. The van der Waals surface area contributed by atoms with Crippen molar-refractivity contribution in [2.45, 2.75) is 32.9 Å². The van der Waals surface area contributed by atoms with E-state index in [1.54, 1.807) is 19.2 Å². The first-order chi connectivity index (χ1) is 13.5. The van der Waals surface area contributed by atoms with Crippen molar-refractivity contribution >= 4 is 17.5 Å². The van der Waals surface area contributed by atoms with Gasteiger partial charge in [-0.3, -0.25) is 4.79 Å². The molecule has 0 fully saturated rings. The van der Waals surface area contributed by atoms with Gasteiger partial charge in [-0.2, -0.15) is 4.98 Å². The van der Waals surface area contributed by atoms with Gasteiger partial charge in [0.1, 0.15) is 5.75 Å². The molecule has 3 aromatic rings. The number of amides is 1. The molecule has 6 nitrogen and oxygen atoms in total. The average Bonchev–Trinajstić information content (AvgIpc) is 3.17. The fraction of sp³-hybridized carbons (Fsp3) is 0.286. The van der Waals surface area contributed by atoms with Crippen LogP contribution in [-0.2, 0) is 11.3 Å². The van der Waals surface area contributed by atoms with Crippen LogP contribution in [0.15, 0.2) is 53.1 Å². The second kappa shape index (κ2) is 8.89. The molecule has 0 unspecified atom stereocenters. The fourth-order valence-electron chi connectivity index (χ4n) is 2.71. The minimum atomic E-state index is -0.609. The second-order valence-corrected chi connectivity index (χ2v) is 6.90. The predicted molar refractivity (Wildman–Crippen MR) is 107 cm³/mol. The molecule has 0 aliphatic heterocycles. The van der Waals surface area contributed by atoms with Crippen molar-refractivity contribution in [3.05, 3.63) is 65.0 Å². The molecule has 146 valence electrons. The lowest BCUT2D eigenvalue weighted by molar-refractivity contribution is -0.138. The summed E-state index contributed by atoms with van der Waals surface area (Å²) >= 11 is 6.05. The molecular weight excluding hydrogens is 378 g/mol. The van der Waals surface area contributed by atoms with Crippen molar-refractivity contribution in [2.75, 3.05) is 7.05 Å². The third kappa shape index (κ3) is 4.70. The van der Waals surface area contributed by atoms with E-state index in [9.17, 15) is 4.79 Å². The van der Waals surface area contributed by atoms with E-state index in [-0.39, 0.29) is 12.5 Å². The van der Waals surface area contributed by atoms with E-state index in [2.05, 4.69) is 10.1 Å². The van der Waals surface area contributed by atoms with Gasteiger partial charge < -0.3 is 14.2 Å². The molecule has 1 atom stereocenters. The van der Waals surface area contributed by atoms with Gasteiger partial charge in [0.25, 0.3) is 5.91 Å². The van der Waals surface area contributed by atoms with Gasteiger partial charge >= 0.3 is 0 Å². The Morgan fingerprint density at radius 1 is 1.25 bits per heavy atom. The van der Waals surface area contributed by atoms with Crippen molar-refractivity contribution in [1.82, 2.24) is 15.0 Å². The summed E-state index contributed by atoms with van der Waals surface area (Å²) in [4.78, 5) is 18.7. The Balaban J connectivity index is 1.65. The zero-order valence-electron chi connectivity index (χ0n) is 16.1. The zero-order valence-corrected chi connectivity index (χ0v) is 16.8. The molecule has 1 aromatic heterocycles. The van der Waals surface area contributed by atoms with Gasteiger partial charge in [0.2, 0.25) is 11.7 Å². The average molecular weight is 400 g/mol. The summed E-state index contributed by atoms with van der Waals surface area (Å²) in [5.41, 5.74) is 1.76. The van der Waals surface area contributed by atoms with Gasteiger partial charge in [-0.25, -0.2) is 0 Å². The summed E-state index contributed by atoms with van der Waals surface area (Å²) in [5.74, 6) is 1.32. The molecule has 0 N–H and O–H groups in total. The maximum atomic E-state index is 12.8. The molecular formula is C21H22ClN3O3. The van der Waals surface area contributed by atoms with Gasteiger partial charge in [-0.1, -0.05) is 54.0 Å². The Kier molecular flexibility index (Phi) is 6.31. The van der Waals surface area contributed by atoms with Crippen LogP contribution in [0, 0.1) is 6.92 Å². The summed E-state index contributed by atoms with van der Waals surface area (Å²) in [5, 5.41) is 4.64. The van der Waals surface area contributed by atoms with Crippen LogP contribution >= 0.6 is 11.6 Å². The number of hydrogen-bond acceptors (Lipinski definition) is 5. The third-order valence-electron chi connectivity index (χ3n) is 4.30. The van der Waals surface area contributed by atoms with E-state index in [1.165, 1.54) is 4.90 Å². The van der Waals surface area contributed by atoms with E-state index >= 15 is 0 Å². The van der Waals surface area contributed by atoms with Crippen molar-refractivity contribution in [1.29, 1.82) is 0 Å². The van der Waals surface area contributed by atoms with Gasteiger partial charge in [0, 0.05) is 17.6 Å². The van der Waals surface area contributed by atoms with E-state index in [4.69, 9.17) is 20.9 Å². The predicted octanol–water partition coefficient (Wildman–Crippen LogP) is 4.51. The van der Waals surface area contributed by atoms with Gasteiger partial charge in [-0.05, 0) is 37.1 Å². The smallest absolute Gasteiger partial charge is 0.263 e. The molecule has 1 amide bonds. The zero-order chi connectivity index (χ0) is 20.1. The van der Waals surface area contributed by atoms with Crippen molar-refractivity contribution in [3.8, 4) is 17.1 Å². The minimum Gasteiger partial charge on any atom is -0.481 e. The SMILES string of the molecule is CC[C@H](Oc1ccc(Cl)c(C)c1)C(=O)N(C)Cc1nc(-c2ccccc2)no1. The van der Waals surface area contributed by atoms with Gasteiger partial charge in [0.05, 0.1) is 6.54 Å². The van der Waals surface area contributed by atoms with Crippen molar-refractivity contribution < 1.29 is 14.1 Å². The van der Waals surface area contributed by atoms with Gasteiger partial charge in [0.15, 0.2) is 6.10 Å². The number of rotatable bonds is 7. The highest BCUT2D eigenvalue weighted by molar-refractivity contribution is 6.31. The second-order valence-electron chi connectivity index (χ2n) is 6.50. The first-order valence-corrected chi connectivity index (χ1v) is 9.41. The minimum absolute atomic E-state index is 0.158. The maximum absolute atomic E-state index is 12.8. The highest BCUT2D eigenvalue weighted by atomic mass is 35.5. The van der Waals surface area contributed by atoms with Crippen LogP contribution in [-0.4, -0.2) is 34.1 Å². The van der Waals surface area contributed by atoms with E-state index in [0.717, 1.165) is 11.1 Å². The summed E-state index contributed by atoms with van der Waals surface area (Å²) in [7, 11) is 1.69. The molecule has 0 radical (unpaired) electrons. The van der Waals surface area contributed by atoms with Crippen LogP contribution < -0.4 is 4.74 Å². The van der Waals surface area contributed by atoms with Gasteiger partial charge in [-0.15, -0.1) is 0 Å². The number of likely N-dealkylation sites (N-methyl/N-ethyl adjacent to an activating group) is 1. The number of aromatic nitrogens is 2. The first-order valence-electron chi connectivity index (χ1n) is 9.03. The molecule has 0 aliphatic carbocycles. The maximum Gasteiger partial charge on any atom is 0.263 e. The molecule has 2 aromatic carbocycles. The van der Waals surface area contributed by atoms with Crippen molar-refractivity contribution in [3.63, 3.8) is 0 Å². The molecule has 28 heavy (non-hydrogen) atoms. The Morgan fingerprint density at radius 2 is 2.00 bits per heavy atom. The standard InChI is InChI=1S/C21H22ClN3O3/c1-4-18(27-16-10-11-17(22)14(2)12-16)21(26)25(3)13-19-23-20(24-28-19)15-8-6-5-7-9-15/h5-12,18H,4,13H2,1-3H3/t18-/m0/s1. The summed E-state index contributed by atoms with van der Waals surface area (Å²) in [6, 6.07) is 14.9. The van der Waals surface area contributed by atoms with Crippen LogP contribution in [0.4, 0.5) is 0 Å². The number of nitrogens with zero attached hydrogens (tertiary/aromatic N) is 3. The quantitative estimate of drug-likeness (QED) is 0.584. The highest BCUT2D eigenvalue weighted by Crippen LogP contribution is 2.23. The highest BCUT2D eigenvalue weighted by Gasteiger charge is 2.24. The van der Waals surface area contributed by atoms with Crippen LogP contribution in [0.2, 0.25) is 5.02 Å². The molecule has 3 rings (SSSR count). The number of carbonyl (C=O) groups is 1. The Bertz CT molecular complexity index is 943. The number of ether oxygens (including phenoxy) is 1. The number of hydrogen-bond donors (Lipinski definition) is 0. The number of aryl methyl sites for hydroxylation is 1. The summed E-state index contributed by atoms with van der Waals surface area (Å²) in [6.07, 6.45) is -0.0775. The lowest BCUT2D eigenvalue weighted by Crippen LogP contribution is -2.39. The third-order valence-corrected chi connectivity index (χ3v) is 4.73. The normalized spacial score (nSPS) is 11.9. The molecule has 7 heteroatoms. The van der Waals surface area contributed by atoms with Crippen LogP contribution in [0.3, 0.4) is 0 Å². The Labute approximate surface area is 169 Å². The molecule has 0 bridgehead atoms. The van der Waals surface area contributed by atoms with Crippen LogP contribution in [0.1, 0.15) is 24.8 Å². The van der Waals surface area contributed by atoms with E-state index in [1.807, 2.05) is 50.2 Å². The summed E-state index contributed by atoms with van der Waals surface area (Å²) < 4.78 is 11.2. The molecule has 0 saturated heterocycles. The van der Waals surface area contributed by atoms with Crippen LogP contribution in [0.25, 0.3) is 11.4 Å². The largest absolute Gasteiger partial charge is 0.481 e. The van der Waals surface area contributed by atoms with Crippen molar-refractivity contribution in [2.24, 2.45) is 0 Å². The number of benzene rings is 2. The van der Waals surface area contributed by atoms with E-state index < -0.39 is 6.10 Å². The van der Waals surface area contributed by atoms with E-state index in [0.29, 0.717) is 28.9 Å². The number of carbonyl (C=O) groups excluding carboxylic acids is 1.